The fraction of sp³-hybridized carbons (Fsp3) is 1.00. The molecule has 136 valence electrons. The Morgan fingerprint density at radius 2 is 1.09 bits per heavy atom. The van der Waals surface area contributed by atoms with Gasteiger partial charge >= 0.3 is 0 Å². The van der Waals surface area contributed by atoms with Crippen LogP contribution in [0.25, 0.3) is 0 Å². The predicted octanol–water partition coefficient (Wildman–Crippen LogP) is 6.75. The summed E-state index contributed by atoms with van der Waals surface area (Å²) in [5, 5.41) is 0. The molecule has 0 heterocycles. The molecule has 0 aromatic heterocycles. The Kier molecular flexibility index (Phi) is 8.16. The van der Waals surface area contributed by atoms with Crippen molar-refractivity contribution in [3.05, 3.63) is 0 Å². The van der Waals surface area contributed by atoms with E-state index in [1.165, 1.54) is 64.2 Å². The average Bonchev–Trinajstić information content (AvgIpc) is 2.59. The lowest BCUT2D eigenvalue weighted by molar-refractivity contribution is 0.297. The van der Waals surface area contributed by atoms with Gasteiger partial charge in [-0.1, -0.05) is 52.4 Å². The van der Waals surface area contributed by atoms with E-state index in [9.17, 15) is 9.46 Å². The van der Waals surface area contributed by atoms with Crippen molar-refractivity contribution in [2.75, 3.05) is 0 Å². The predicted molar refractivity (Wildman–Crippen MR) is 100 cm³/mol. The molecule has 0 saturated heterocycles. The minimum Gasteiger partial charge on any atom is -0.344 e. The maximum absolute atomic E-state index is 13.1. The first-order valence-corrected chi connectivity index (χ1v) is 12.2. The van der Waals surface area contributed by atoms with Gasteiger partial charge < -0.3 is 4.89 Å². The lowest BCUT2D eigenvalue weighted by Crippen LogP contribution is -2.27. The summed E-state index contributed by atoms with van der Waals surface area (Å²) in [6.07, 6.45) is 16.7. The summed E-state index contributed by atoms with van der Waals surface area (Å²) in [5.74, 6) is 1.66. The molecule has 0 atom stereocenters. The van der Waals surface area contributed by atoms with Crippen molar-refractivity contribution in [2.45, 2.75) is 115 Å². The molecule has 23 heavy (non-hydrogen) atoms. The van der Waals surface area contributed by atoms with Crippen molar-refractivity contribution < 1.29 is 9.46 Å². The topological polar surface area (TPSA) is 37.3 Å². The van der Waals surface area contributed by atoms with Crippen molar-refractivity contribution in [3.63, 3.8) is 0 Å². The minimum atomic E-state index is -2.95. The molecule has 0 aromatic rings. The van der Waals surface area contributed by atoms with E-state index < -0.39 is 7.37 Å². The molecule has 2 saturated carbocycles. The Morgan fingerprint density at radius 1 is 0.739 bits per heavy atom. The van der Waals surface area contributed by atoms with Crippen LogP contribution in [0.2, 0.25) is 0 Å². The standard InChI is InChI=1S/C20H39O2P/c1-3-5-7-17-9-13-19(14-10-17)23(21,22)20-15-11-18(12-16-20)8-6-4-2/h17-20H,3-16H2,1-2H3,(H,21,22). The Balaban J connectivity index is 1.77. The second-order valence-electron chi connectivity index (χ2n) is 8.31. The van der Waals surface area contributed by atoms with Gasteiger partial charge in [-0.3, -0.25) is 4.57 Å². The smallest absolute Gasteiger partial charge is 0.206 e. The zero-order valence-corrected chi connectivity index (χ0v) is 16.4. The van der Waals surface area contributed by atoms with Crippen molar-refractivity contribution in [2.24, 2.45) is 11.8 Å². The molecule has 2 fully saturated rings. The normalized spacial score (nSPS) is 34.9. The van der Waals surface area contributed by atoms with Gasteiger partial charge in [-0.2, -0.15) is 0 Å². The first-order chi connectivity index (χ1) is 11.1. The van der Waals surface area contributed by atoms with E-state index in [2.05, 4.69) is 13.8 Å². The minimum absolute atomic E-state index is 0.123. The third-order valence-electron chi connectivity index (χ3n) is 6.61. The van der Waals surface area contributed by atoms with Gasteiger partial charge in [0.05, 0.1) is 0 Å². The summed E-state index contributed by atoms with van der Waals surface area (Å²) in [7, 11) is -2.95. The largest absolute Gasteiger partial charge is 0.344 e. The van der Waals surface area contributed by atoms with E-state index in [-0.39, 0.29) is 11.3 Å². The monoisotopic (exact) mass is 342 g/mol. The van der Waals surface area contributed by atoms with Crippen LogP contribution in [-0.2, 0) is 4.57 Å². The summed E-state index contributed by atoms with van der Waals surface area (Å²) in [6, 6.07) is 0. The number of hydrogen-bond donors (Lipinski definition) is 1. The molecule has 3 heteroatoms. The van der Waals surface area contributed by atoms with Gasteiger partial charge in [0.1, 0.15) is 0 Å². The first kappa shape index (κ1) is 19.5. The van der Waals surface area contributed by atoms with Gasteiger partial charge in [0.2, 0.25) is 7.37 Å². The van der Waals surface area contributed by atoms with Crippen LogP contribution in [-0.4, -0.2) is 16.2 Å². The Morgan fingerprint density at radius 3 is 1.39 bits per heavy atom. The number of rotatable bonds is 8. The zero-order chi connectivity index (χ0) is 16.7. The Hall–Kier alpha value is 0.190. The van der Waals surface area contributed by atoms with Crippen LogP contribution in [0.4, 0.5) is 0 Å². The first-order valence-electron chi connectivity index (χ1n) is 10.4. The van der Waals surface area contributed by atoms with E-state index in [1.54, 1.807) is 0 Å². The lowest BCUT2D eigenvalue weighted by atomic mass is 9.85. The van der Waals surface area contributed by atoms with Crippen LogP contribution >= 0.6 is 7.37 Å². The second kappa shape index (κ2) is 9.62. The second-order valence-corrected chi connectivity index (χ2v) is 11.1. The SMILES string of the molecule is CCCCC1CCC(P(=O)(O)C2CCC(CCCC)CC2)CC1. The van der Waals surface area contributed by atoms with Crippen molar-refractivity contribution in [3.8, 4) is 0 Å². The highest BCUT2D eigenvalue weighted by Crippen LogP contribution is 2.60. The number of unbranched alkanes of at least 4 members (excludes halogenated alkanes) is 2. The fourth-order valence-electron chi connectivity index (χ4n) is 4.89. The molecule has 0 spiro atoms. The molecule has 2 nitrogen and oxygen atoms in total. The van der Waals surface area contributed by atoms with E-state index in [4.69, 9.17) is 0 Å². The molecule has 2 aliphatic carbocycles. The molecular formula is C20H39O2P. The molecule has 0 aliphatic heterocycles. The zero-order valence-electron chi connectivity index (χ0n) is 15.5. The van der Waals surface area contributed by atoms with Crippen molar-refractivity contribution >= 4 is 7.37 Å². The van der Waals surface area contributed by atoms with Gasteiger partial charge in [0, 0.05) is 11.3 Å². The molecule has 0 radical (unpaired) electrons. The summed E-state index contributed by atoms with van der Waals surface area (Å²) >= 11 is 0. The maximum atomic E-state index is 13.1. The van der Waals surface area contributed by atoms with Crippen LogP contribution in [0, 0.1) is 11.8 Å². The van der Waals surface area contributed by atoms with Crippen LogP contribution < -0.4 is 0 Å². The van der Waals surface area contributed by atoms with Gasteiger partial charge in [0.25, 0.3) is 0 Å². The third kappa shape index (κ3) is 5.60. The third-order valence-corrected chi connectivity index (χ3v) is 9.74. The lowest BCUT2D eigenvalue weighted by Gasteiger charge is -2.38. The molecule has 0 unspecified atom stereocenters. The number of hydrogen-bond acceptors (Lipinski definition) is 1. The van der Waals surface area contributed by atoms with Gasteiger partial charge in [-0.25, -0.2) is 0 Å². The molecule has 1 N–H and O–H groups in total. The Labute approximate surface area is 144 Å². The highest BCUT2D eigenvalue weighted by molar-refractivity contribution is 7.59. The highest BCUT2D eigenvalue weighted by Gasteiger charge is 2.41. The molecule has 2 rings (SSSR count). The fourth-order valence-corrected chi connectivity index (χ4v) is 7.56. The molecule has 0 aromatic carbocycles. The quantitative estimate of drug-likeness (QED) is 0.495. The summed E-state index contributed by atoms with van der Waals surface area (Å²) in [6.45, 7) is 4.51. The van der Waals surface area contributed by atoms with E-state index in [0.29, 0.717) is 0 Å². The average molecular weight is 343 g/mol. The van der Waals surface area contributed by atoms with Crippen molar-refractivity contribution in [1.29, 1.82) is 0 Å². The molecular weight excluding hydrogens is 303 g/mol. The van der Waals surface area contributed by atoms with Crippen LogP contribution in [0.15, 0.2) is 0 Å². The molecule has 0 bridgehead atoms. The molecule has 0 amide bonds. The Bertz CT molecular complexity index is 334. The van der Waals surface area contributed by atoms with E-state index in [0.717, 1.165) is 37.5 Å². The van der Waals surface area contributed by atoms with E-state index >= 15 is 0 Å². The van der Waals surface area contributed by atoms with Gasteiger partial charge in [-0.05, 0) is 63.2 Å². The summed E-state index contributed by atoms with van der Waals surface area (Å²) in [5.41, 5.74) is 0.245. The van der Waals surface area contributed by atoms with Crippen LogP contribution in [0.1, 0.15) is 104 Å². The van der Waals surface area contributed by atoms with Crippen LogP contribution in [0.5, 0.6) is 0 Å². The van der Waals surface area contributed by atoms with Gasteiger partial charge in [0.15, 0.2) is 0 Å². The van der Waals surface area contributed by atoms with Gasteiger partial charge in [-0.15, -0.1) is 0 Å². The maximum Gasteiger partial charge on any atom is 0.206 e. The van der Waals surface area contributed by atoms with Crippen molar-refractivity contribution in [1.82, 2.24) is 0 Å². The summed E-state index contributed by atoms with van der Waals surface area (Å²) < 4.78 is 13.1. The summed E-state index contributed by atoms with van der Waals surface area (Å²) in [4.78, 5) is 10.8. The molecule has 2 aliphatic rings. The van der Waals surface area contributed by atoms with E-state index in [1.807, 2.05) is 0 Å². The highest BCUT2D eigenvalue weighted by atomic mass is 31.2. The van der Waals surface area contributed by atoms with Crippen LogP contribution in [0.3, 0.4) is 0 Å².